The molecule has 1 aliphatic carbocycles. The lowest BCUT2D eigenvalue weighted by atomic mass is 9.89. The van der Waals surface area contributed by atoms with Crippen LogP contribution in [-0.2, 0) is 25.6 Å². The van der Waals surface area contributed by atoms with Crippen LogP contribution in [0.3, 0.4) is 0 Å². The Bertz CT molecular complexity index is 580. The van der Waals surface area contributed by atoms with E-state index in [0.717, 1.165) is 24.8 Å². The third kappa shape index (κ3) is 5.44. The molecule has 1 aromatic carbocycles. The van der Waals surface area contributed by atoms with Crippen LogP contribution in [0, 0.1) is 0 Å². The summed E-state index contributed by atoms with van der Waals surface area (Å²) in [7, 11) is 0. The second-order valence-electron chi connectivity index (χ2n) is 6.31. The summed E-state index contributed by atoms with van der Waals surface area (Å²) in [6, 6.07) is 9.43. The van der Waals surface area contributed by atoms with Crippen molar-refractivity contribution in [1.29, 1.82) is 0 Å². The van der Waals surface area contributed by atoms with Crippen LogP contribution in [0.25, 0.3) is 0 Å². The monoisotopic (exact) mass is 348 g/mol. The summed E-state index contributed by atoms with van der Waals surface area (Å²) >= 11 is 0. The number of nitrogens with one attached hydrogen (secondary N) is 2. The molecule has 136 valence electrons. The van der Waals surface area contributed by atoms with Gasteiger partial charge in [0.2, 0.25) is 5.91 Å². The molecule has 1 aromatic rings. The van der Waals surface area contributed by atoms with Gasteiger partial charge in [0.15, 0.2) is 0 Å². The average molecular weight is 348 g/mol. The first kappa shape index (κ1) is 17.7. The summed E-state index contributed by atoms with van der Waals surface area (Å²) in [6.07, 6.45) is 2.07. The van der Waals surface area contributed by atoms with E-state index in [1.165, 1.54) is 0 Å². The Morgan fingerprint density at radius 1 is 1.08 bits per heavy atom. The number of amides is 2. The topological polar surface area (TPSA) is 85.9 Å². The molecule has 25 heavy (non-hydrogen) atoms. The third-order valence-corrected chi connectivity index (χ3v) is 4.45. The molecule has 1 heterocycles. The van der Waals surface area contributed by atoms with Crippen molar-refractivity contribution in [2.24, 2.45) is 0 Å². The molecule has 0 aromatic heterocycles. The Labute approximate surface area is 147 Å². The second kappa shape index (κ2) is 8.82. The van der Waals surface area contributed by atoms with E-state index in [0.29, 0.717) is 13.2 Å². The maximum atomic E-state index is 12.0. The van der Waals surface area contributed by atoms with Crippen LogP contribution in [0.4, 0.5) is 4.79 Å². The van der Waals surface area contributed by atoms with E-state index in [1.807, 2.05) is 30.3 Å². The highest BCUT2D eigenvalue weighted by Crippen LogP contribution is 2.26. The molecule has 3 atom stereocenters. The van der Waals surface area contributed by atoms with Gasteiger partial charge in [-0.05, 0) is 24.8 Å². The lowest BCUT2D eigenvalue weighted by Gasteiger charge is -2.39. The first-order valence-electron chi connectivity index (χ1n) is 8.68. The molecular weight excluding hydrogens is 324 g/mol. The summed E-state index contributed by atoms with van der Waals surface area (Å²) < 4.78 is 16.4. The average Bonchev–Trinajstić information content (AvgIpc) is 2.65. The smallest absolute Gasteiger partial charge is 0.407 e. The van der Waals surface area contributed by atoms with Gasteiger partial charge in [-0.2, -0.15) is 0 Å². The van der Waals surface area contributed by atoms with E-state index in [1.54, 1.807) is 0 Å². The first-order chi connectivity index (χ1) is 12.2. The number of ether oxygens (including phenoxy) is 3. The Morgan fingerprint density at radius 3 is 2.64 bits per heavy atom. The molecule has 7 nitrogen and oxygen atoms in total. The summed E-state index contributed by atoms with van der Waals surface area (Å²) in [4.78, 5) is 23.6. The van der Waals surface area contributed by atoms with Crippen molar-refractivity contribution in [2.45, 2.75) is 44.1 Å². The van der Waals surface area contributed by atoms with Crippen molar-refractivity contribution in [3.8, 4) is 0 Å². The van der Waals surface area contributed by atoms with Gasteiger partial charge >= 0.3 is 6.09 Å². The maximum absolute atomic E-state index is 12.0. The van der Waals surface area contributed by atoms with E-state index in [-0.39, 0.29) is 37.3 Å². The summed E-state index contributed by atoms with van der Waals surface area (Å²) in [6.45, 7) is 1.33. The number of fused-ring (bicyclic) bond motifs is 1. The van der Waals surface area contributed by atoms with E-state index >= 15 is 0 Å². The Kier molecular flexibility index (Phi) is 6.25. The fourth-order valence-electron chi connectivity index (χ4n) is 3.20. The summed E-state index contributed by atoms with van der Waals surface area (Å²) in [5, 5.41) is 5.41. The normalized spacial score (nSPS) is 25.5. The molecule has 7 heteroatoms. The molecule has 2 N–H and O–H groups in total. The quantitative estimate of drug-likeness (QED) is 0.839. The van der Waals surface area contributed by atoms with Crippen molar-refractivity contribution in [2.75, 3.05) is 19.8 Å². The van der Waals surface area contributed by atoms with E-state index in [4.69, 9.17) is 14.2 Å². The zero-order chi connectivity index (χ0) is 17.5. The Morgan fingerprint density at radius 2 is 1.84 bits per heavy atom. The highest BCUT2D eigenvalue weighted by molar-refractivity contribution is 5.82. The summed E-state index contributed by atoms with van der Waals surface area (Å²) in [5.41, 5.74) is 0.897. The van der Waals surface area contributed by atoms with Crippen molar-refractivity contribution in [3.05, 3.63) is 35.9 Å². The summed E-state index contributed by atoms with van der Waals surface area (Å²) in [5.74, 6) is -0.225. The highest BCUT2D eigenvalue weighted by atomic mass is 16.6. The maximum Gasteiger partial charge on any atom is 0.407 e. The van der Waals surface area contributed by atoms with Gasteiger partial charge in [0.05, 0.1) is 25.4 Å². The fraction of sp³-hybridized carbons (Fsp3) is 0.556. The van der Waals surface area contributed by atoms with Crippen LogP contribution in [0.15, 0.2) is 30.3 Å². The van der Waals surface area contributed by atoms with Crippen molar-refractivity contribution in [3.63, 3.8) is 0 Å². The fourth-order valence-corrected chi connectivity index (χ4v) is 3.20. The van der Waals surface area contributed by atoms with Crippen molar-refractivity contribution < 1.29 is 23.8 Å². The van der Waals surface area contributed by atoms with E-state index in [2.05, 4.69) is 10.6 Å². The van der Waals surface area contributed by atoms with Gasteiger partial charge in [-0.15, -0.1) is 0 Å². The number of carbonyl (C=O) groups is 2. The van der Waals surface area contributed by atoms with Crippen LogP contribution in [0.1, 0.15) is 24.8 Å². The minimum Gasteiger partial charge on any atom is -0.445 e. The van der Waals surface area contributed by atoms with Gasteiger partial charge in [0.1, 0.15) is 13.2 Å². The first-order valence-corrected chi connectivity index (χ1v) is 8.68. The molecule has 3 unspecified atom stereocenters. The molecule has 3 rings (SSSR count). The van der Waals surface area contributed by atoms with Crippen molar-refractivity contribution >= 4 is 12.0 Å². The Hall–Kier alpha value is -2.12. The van der Waals surface area contributed by atoms with Crippen LogP contribution in [-0.4, -0.2) is 50.0 Å². The van der Waals surface area contributed by atoms with Gasteiger partial charge in [-0.1, -0.05) is 30.3 Å². The predicted molar refractivity (Wildman–Crippen MR) is 89.9 cm³/mol. The number of benzene rings is 1. The molecule has 1 saturated heterocycles. The molecule has 1 aliphatic heterocycles. The van der Waals surface area contributed by atoms with Gasteiger partial charge < -0.3 is 24.8 Å². The van der Waals surface area contributed by atoms with Crippen LogP contribution < -0.4 is 10.6 Å². The zero-order valence-corrected chi connectivity index (χ0v) is 14.1. The minimum atomic E-state index is -0.605. The molecule has 0 spiro atoms. The molecule has 2 fully saturated rings. The van der Waals surface area contributed by atoms with E-state index in [9.17, 15) is 9.59 Å². The second-order valence-corrected chi connectivity index (χ2v) is 6.31. The number of hydrogen-bond donors (Lipinski definition) is 2. The lowest BCUT2D eigenvalue weighted by Crippen LogP contribution is -2.50. The van der Waals surface area contributed by atoms with Crippen molar-refractivity contribution in [1.82, 2.24) is 10.6 Å². The number of alkyl carbamates (subject to hydrolysis) is 1. The highest BCUT2D eigenvalue weighted by Gasteiger charge is 2.34. The number of rotatable bonds is 5. The molecule has 1 saturated carbocycles. The number of carbonyl (C=O) groups excluding carboxylic acids is 2. The van der Waals surface area contributed by atoms with Crippen LogP contribution in [0.5, 0.6) is 0 Å². The Balaban J connectivity index is 1.33. The van der Waals surface area contributed by atoms with Gasteiger partial charge in [-0.25, -0.2) is 4.79 Å². The molecular formula is C18H24N2O5. The third-order valence-electron chi connectivity index (χ3n) is 4.45. The molecule has 0 radical (unpaired) electrons. The molecule has 2 aliphatic rings. The number of hydrogen-bond acceptors (Lipinski definition) is 5. The van der Waals surface area contributed by atoms with Crippen LogP contribution in [0.2, 0.25) is 0 Å². The van der Waals surface area contributed by atoms with Gasteiger partial charge in [0, 0.05) is 6.04 Å². The SMILES string of the molecule is O=C(CNC(=O)OCc1ccccc1)NC1CCC2OCCOC2C1. The molecule has 2 amide bonds. The van der Waals surface area contributed by atoms with E-state index < -0.39 is 6.09 Å². The predicted octanol–water partition coefficient (Wildman–Crippen LogP) is 1.37. The largest absolute Gasteiger partial charge is 0.445 e. The lowest BCUT2D eigenvalue weighted by molar-refractivity contribution is -0.158. The molecule has 0 bridgehead atoms. The van der Waals surface area contributed by atoms with Gasteiger partial charge in [-0.3, -0.25) is 4.79 Å². The van der Waals surface area contributed by atoms with Gasteiger partial charge in [0.25, 0.3) is 0 Å². The standard InChI is InChI=1S/C18H24N2O5/c21-17(11-19-18(22)25-12-13-4-2-1-3-5-13)20-14-6-7-15-16(10-14)24-9-8-23-15/h1-5,14-16H,6-12H2,(H,19,22)(H,20,21). The zero-order valence-electron chi connectivity index (χ0n) is 14.1. The minimum absolute atomic E-state index is 0.0524. The van der Waals surface area contributed by atoms with Crippen LogP contribution >= 0.6 is 0 Å².